The van der Waals surface area contributed by atoms with E-state index in [4.69, 9.17) is 13.7 Å². The van der Waals surface area contributed by atoms with Gasteiger partial charge in [0.05, 0.1) is 9.35 Å². The van der Waals surface area contributed by atoms with E-state index in [2.05, 4.69) is 26.1 Å². The maximum absolute atomic E-state index is 5.73. The van der Waals surface area contributed by atoms with Crippen LogP contribution in [0.25, 0.3) is 22.4 Å². The van der Waals surface area contributed by atoms with Crippen molar-refractivity contribution in [3.8, 4) is 28.1 Å². The predicted octanol–water partition coefficient (Wildman–Crippen LogP) is 5.40. The number of halogens is 1. The molecule has 0 atom stereocenters. The van der Waals surface area contributed by atoms with Gasteiger partial charge in [0.25, 0.3) is 5.89 Å². The van der Waals surface area contributed by atoms with Crippen LogP contribution >= 0.6 is 27.3 Å². The first-order valence-electron chi connectivity index (χ1n) is 7.13. The lowest BCUT2D eigenvalue weighted by Gasteiger charge is -2.05. The van der Waals surface area contributed by atoms with E-state index in [0.29, 0.717) is 29.8 Å². The van der Waals surface area contributed by atoms with Gasteiger partial charge in [0.1, 0.15) is 18.1 Å². The fourth-order valence-electron chi connectivity index (χ4n) is 2.11. The predicted molar refractivity (Wildman–Crippen MR) is 93.8 cm³/mol. The Labute approximate surface area is 150 Å². The van der Waals surface area contributed by atoms with Crippen LogP contribution in [-0.4, -0.2) is 10.1 Å². The van der Waals surface area contributed by atoms with Gasteiger partial charge < -0.3 is 13.7 Å². The Balaban J connectivity index is 1.48. The summed E-state index contributed by atoms with van der Waals surface area (Å²) in [6, 6.07) is 15.2. The van der Waals surface area contributed by atoms with E-state index in [1.807, 2.05) is 47.8 Å². The standard InChI is InChI=1S/C17H11BrN2O3S/c18-12-4-1-2-5-13(12)21-10-11-7-8-14(22-11)17-19-16(20-23-17)15-6-3-9-24-15/h1-9H,10H2. The van der Waals surface area contributed by atoms with Crippen molar-refractivity contribution in [1.82, 2.24) is 10.1 Å². The van der Waals surface area contributed by atoms with E-state index in [-0.39, 0.29) is 0 Å². The summed E-state index contributed by atoms with van der Waals surface area (Å²) in [6.45, 7) is 0.314. The zero-order valence-corrected chi connectivity index (χ0v) is 14.7. The summed E-state index contributed by atoms with van der Waals surface area (Å²) >= 11 is 5.00. The highest BCUT2D eigenvalue weighted by Gasteiger charge is 2.15. The Hall–Kier alpha value is -2.38. The summed E-state index contributed by atoms with van der Waals surface area (Å²) < 4.78 is 17.6. The Bertz CT molecular complexity index is 946. The number of hydrogen-bond acceptors (Lipinski definition) is 6. The van der Waals surface area contributed by atoms with Gasteiger partial charge in [-0.2, -0.15) is 4.98 Å². The molecule has 0 radical (unpaired) electrons. The molecule has 3 aromatic heterocycles. The minimum absolute atomic E-state index is 0.314. The largest absolute Gasteiger partial charge is 0.484 e. The lowest BCUT2D eigenvalue weighted by atomic mass is 10.3. The van der Waals surface area contributed by atoms with Crippen LogP contribution in [0, 0.1) is 0 Å². The van der Waals surface area contributed by atoms with Gasteiger partial charge in [-0.3, -0.25) is 0 Å². The highest BCUT2D eigenvalue weighted by Crippen LogP contribution is 2.28. The Morgan fingerprint density at radius 1 is 1.08 bits per heavy atom. The minimum atomic E-state index is 0.314. The molecule has 120 valence electrons. The van der Waals surface area contributed by atoms with Gasteiger partial charge in [-0.15, -0.1) is 11.3 Å². The topological polar surface area (TPSA) is 61.3 Å². The SMILES string of the molecule is Brc1ccccc1OCc1ccc(-c2nc(-c3cccs3)no2)o1. The van der Waals surface area contributed by atoms with Gasteiger partial charge in [-0.25, -0.2) is 0 Å². The van der Waals surface area contributed by atoms with E-state index >= 15 is 0 Å². The molecule has 0 fully saturated rings. The lowest BCUT2D eigenvalue weighted by Crippen LogP contribution is -1.94. The number of ether oxygens (including phenoxy) is 1. The molecule has 1 aromatic carbocycles. The molecule has 0 amide bonds. The number of para-hydroxylation sites is 1. The second kappa shape index (κ2) is 6.62. The number of benzene rings is 1. The zero-order valence-electron chi connectivity index (χ0n) is 12.3. The van der Waals surface area contributed by atoms with Crippen molar-refractivity contribution in [2.24, 2.45) is 0 Å². The molecule has 0 N–H and O–H groups in total. The number of nitrogens with zero attached hydrogens (tertiary/aromatic N) is 2. The van der Waals surface area contributed by atoms with Crippen molar-refractivity contribution in [3.05, 3.63) is 64.1 Å². The van der Waals surface area contributed by atoms with Gasteiger partial charge in [-0.1, -0.05) is 23.4 Å². The number of furan rings is 1. The second-order valence-corrected chi connectivity index (χ2v) is 6.69. The zero-order chi connectivity index (χ0) is 16.4. The van der Waals surface area contributed by atoms with Crippen molar-refractivity contribution in [1.29, 1.82) is 0 Å². The quantitative estimate of drug-likeness (QED) is 0.447. The smallest absolute Gasteiger partial charge is 0.293 e. The maximum Gasteiger partial charge on any atom is 0.293 e. The van der Waals surface area contributed by atoms with Crippen molar-refractivity contribution < 1.29 is 13.7 Å². The first-order valence-corrected chi connectivity index (χ1v) is 8.81. The van der Waals surface area contributed by atoms with E-state index in [0.717, 1.165) is 15.1 Å². The van der Waals surface area contributed by atoms with Crippen LogP contribution in [0.5, 0.6) is 5.75 Å². The third kappa shape index (κ3) is 3.13. The molecule has 5 nitrogen and oxygen atoms in total. The normalized spacial score (nSPS) is 10.9. The summed E-state index contributed by atoms with van der Waals surface area (Å²) in [6.07, 6.45) is 0. The molecule has 4 aromatic rings. The van der Waals surface area contributed by atoms with Crippen molar-refractivity contribution in [3.63, 3.8) is 0 Å². The van der Waals surface area contributed by atoms with Gasteiger partial charge >= 0.3 is 0 Å². The fraction of sp³-hybridized carbons (Fsp3) is 0.0588. The molecule has 0 bridgehead atoms. The third-order valence-corrected chi connectivity index (χ3v) is 4.77. The highest BCUT2D eigenvalue weighted by atomic mass is 79.9. The molecule has 24 heavy (non-hydrogen) atoms. The van der Waals surface area contributed by atoms with Crippen LogP contribution < -0.4 is 4.74 Å². The van der Waals surface area contributed by atoms with Crippen LogP contribution in [0.3, 0.4) is 0 Å². The summed E-state index contributed by atoms with van der Waals surface area (Å²) in [7, 11) is 0. The summed E-state index contributed by atoms with van der Waals surface area (Å²) in [5, 5.41) is 5.94. The third-order valence-electron chi connectivity index (χ3n) is 3.25. The van der Waals surface area contributed by atoms with Crippen LogP contribution in [0.2, 0.25) is 0 Å². The number of rotatable bonds is 5. The molecule has 3 heterocycles. The molecule has 4 rings (SSSR count). The van der Waals surface area contributed by atoms with Crippen molar-refractivity contribution in [2.45, 2.75) is 6.61 Å². The summed E-state index contributed by atoms with van der Waals surface area (Å²) in [4.78, 5) is 5.31. The van der Waals surface area contributed by atoms with E-state index in [1.54, 1.807) is 17.4 Å². The molecule has 0 aliphatic heterocycles. The molecule has 0 aliphatic rings. The Morgan fingerprint density at radius 3 is 2.83 bits per heavy atom. The Morgan fingerprint density at radius 2 is 2.00 bits per heavy atom. The van der Waals surface area contributed by atoms with E-state index < -0.39 is 0 Å². The van der Waals surface area contributed by atoms with Gasteiger partial charge in [-0.05, 0) is 51.6 Å². The number of hydrogen-bond donors (Lipinski definition) is 0. The molecule has 0 saturated heterocycles. The fourth-order valence-corrected chi connectivity index (χ4v) is 3.16. The molecular formula is C17H11BrN2O3S. The van der Waals surface area contributed by atoms with Crippen LogP contribution in [0.4, 0.5) is 0 Å². The number of aromatic nitrogens is 2. The summed E-state index contributed by atoms with van der Waals surface area (Å²) in [5.41, 5.74) is 0. The molecule has 7 heteroatoms. The van der Waals surface area contributed by atoms with Crippen LogP contribution in [0.1, 0.15) is 5.76 Å². The second-order valence-electron chi connectivity index (χ2n) is 4.89. The van der Waals surface area contributed by atoms with E-state index in [1.165, 1.54) is 0 Å². The van der Waals surface area contributed by atoms with Crippen molar-refractivity contribution >= 4 is 27.3 Å². The maximum atomic E-state index is 5.73. The van der Waals surface area contributed by atoms with Crippen LogP contribution in [-0.2, 0) is 6.61 Å². The first kappa shape index (κ1) is 15.2. The van der Waals surface area contributed by atoms with Crippen molar-refractivity contribution in [2.75, 3.05) is 0 Å². The average Bonchev–Trinajstić information content (AvgIpc) is 3.33. The van der Waals surface area contributed by atoms with Gasteiger partial charge in [0.2, 0.25) is 5.82 Å². The number of thiophene rings is 1. The molecule has 0 saturated carbocycles. The molecule has 0 spiro atoms. The molecule has 0 aliphatic carbocycles. The average molecular weight is 403 g/mol. The lowest BCUT2D eigenvalue weighted by molar-refractivity contribution is 0.269. The van der Waals surface area contributed by atoms with Crippen LogP contribution in [0.15, 0.2) is 67.3 Å². The minimum Gasteiger partial charge on any atom is -0.484 e. The first-order chi connectivity index (χ1) is 11.8. The highest BCUT2D eigenvalue weighted by molar-refractivity contribution is 9.10. The van der Waals surface area contributed by atoms with E-state index in [9.17, 15) is 0 Å². The Kier molecular flexibility index (Phi) is 4.18. The summed E-state index contributed by atoms with van der Waals surface area (Å²) in [5.74, 6) is 2.87. The monoisotopic (exact) mass is 402 g/mol. The molecular weight excluding hydrogens is 392 g/mol. The molecule has 0 unspecified atom stereocenters. The van der Waals surface area contributed by atoms with Gasteiger partial charge in [0, 0.05) is 0 Å². The van der Waals surface area contributed by atoms with Gasteiger partial charge in [0.15, 0.2) is 5.76 Å².